The summed E-state index contributed by atoms with van der Waals surface area (Å²) < 4.78 is 5.70. The molecule has 0 aliphatic heterocycles. The van der Waals surface area contributed by atoms with E-state index in [2.05, 4.69) is 4.98 Å². The van der Waals surface area contributed by atoms with Crippen molar-refractivity contribution in [3.63, 3.8) is 0 Å². The van der Waals surface area contributed by atoms with E-state index >= 15 is 0 Å². The van der Waals surface area contributed by atoms with E-state index in [-0.39, 0.29) is 6.42 Å². The Morgan fingerprint density at radius 1 is 1.47 bits per heavy atom. The Bertz CT molecular complexity index is 577. The lowest BCUT2D eigenvalue weighted by Crippen LogP contribution is -2.24. The number of nitrogens with zero attached hydrogens (tertiary/aromatic N) is 2. The maximum absolute atomic E-state index is 10.5. The zero-order valence-corrected chi connectivity index (χ0v) is 11.2. The first-order valence-corrected chi connectivity index (χ1v) is 6.44. The summed E-state index contributed by atoms with van der Waals surface area (Å²) in [5.74, 6) is -0.774. The fraction of sp³-hybridized carbons (Fsp3) is 0.429. The molecule has 1 aromatic carbocycles. The van der Waals surface area contributed by atoms with Crippen molar-refractivity contribution in [3.8, 4) is 0 Å². The van der Waals surface area contributed by atoms with Crippen LogP contribution in [0.15, 0.2) is 22.6 Å². The second kappa shape index (κ2) is 5.73. The maximum Gasteiger partial charge on any atom is 0.303 e. The van der Waals surface area contributed by atoms with Crippen LogP contribution in [-0.2, 0) is 4.79 Å². The molecule has 0 amide bonds. The zero-order chi connectivity index (χ0) is 13.8. The van der Waals surface area contributed by atoms with Gasteiger partial charge in [-0.15, -0.1) is 0 Å². The van der Waals surface area contributed by atoms with E-state index < -0.39 is 5.97 Å². The van der Waals surface area contributed by atoms with Gasteiger partial charge >= 0.3 is 5.97 Å². The quantitative estimate of drug-likeness (QED) is 0.867. The van der Waals surface area contributed by atoms with Crippen LogP contribution < -0.4 is 4.90 Å². The van der Waals surface area contributed by atoms with Gasteiger partial charge in [-0.05, 0) is 38.0 Å². The molecule has 1 N–H and O–H groups in total. The first kappa shape index (κ1) is 13.4. The van der Waals surface area contributed by atoms with Crippen molar-refractivity contribution in [2.45, 2.75) is 26.7 Å². The number of aromatic nitrogens is 1. The van der Waals surface area contributed by atoms with Gasteiger partial charge in [0.15, 0.2) is 5.58 Å². The number of aliphatic carboxylic acids is 1. The van der Waals surface area contributed by atoms with Gasteiger partial charge in [0.2, 0.25) is 0 Å². The molecule has 102 valence electrons. The predicted molar refractivity (Wildman–Crippen MR) is 73.5 cm³/mol. The molecule has 5 nitrogen and oxygen atoms in total. The lowest BCUT2D eigenvalue weighted by atomic mass is 10.2. The van der Waals surface area contributed by atoms with Gasteiger partial charge in [0.05, 0.1) is 0 Å². The molecule has 2 rings (SSSR count). The van der Waals surface area contributed by atoms with E-state index in [0.29, 0.717) is 19.0 Å². The summed E-state index contributed by atoms with van der Waals surface area (Å²) in [5, 5.41) is 8.66. The van der Waals surface area contributed by atoms with Crippen LogP contribution in [0.25, 0.3) is 11.1 Å². The third-order valence-electron chi connectivity index (χ3n) is 3.00. The number of oxazole rings is 1. The first-order valence-electron chi connectivity index (χ1n) is 6.44. The van der Waals surface area contributed by atoms with Crippen LogP contribution in [0.1, 0.15) is 25.3 Å². The van der Waals surface area contributed by atoms with Crippen LogP contribution in [0.4, 0.5) is 6.01 Å². The predicted octanol–water partition coefficient (Wildman–Crippen LogP) is 2.83. The molecule has 0 saturated heterocycles. The molecule has 0 spiro atoms. The number of anilines is 1. The molecule has 0 radical (unpaired) electrons. The second-order valence-corrected chi connectivity index (χ2v) is 4.54. The Hall–Kier alpha value is -2.04. The lowest BCUT2D eigenvalue weighted by Gasteiger charge is -2.17. The number of carboxylic acid groups (broad SMARTS) is 1. The van der Waals surface area contributed by atoms with Crippen LogP contribution in [0.2, 0.25) is 0 Å². The molecule has 0 aliphatic carbocycles. The molecular formula is C14H18N2O3. The highest BCUT2D eigenvalue weighted by Crippen LogP contribution is 2.22. The maximum atomic E-state index is 10.5. The van der Waals surface area contributed by atoms with Gasteiger partial charge in [0.1, 0.15) is 5.52 Å². The molecule has 1 aromatic heterocycles. The van der Waals surface area contributed by atoms with Gasteiger partial charge in [-0.25, -0.2) is 0 Å². The molecule has 0 saturated carbocycles. The summed E-state index contributed by atoms with van der Waals surface area (Å²) in [6.07, 6.45) is 0.747. The fourth-order valence-electron chi connectivity index (χ4n) is 1.97. The number of fused-ring (bicyclic) bond motifs is 1. The van der Waals surface area contributed by atoms with E-state index in [1.807, 2.05) is 36.9 Å². The highest BCUT2D eigenvalue weighted by Gasteiger charge is 2.12. The van der Waals surface area contributed by atoms with E-state index in [1.54, 1.807) is 0 Å². The number of rotatable bonds is 6. The highest BCUT2D eigenvalue weighted by molar-refractivity contribution is 5.75. The van der Waals surface area contributed by atoms with Crippen molar-refractivity contribution in [3.05, 3.63) is 23.8 Å². The largest absolute Gasteiger partial charge is 0.481 e. The second-order valence-electron chi connectivity index (χ2n) is 4.54. The van der Waals surface area contributed by atoms with E-state index in [9.17, 15) is 4.79 Å². The minimum Gasteiger partial charge on any atom is -0.481 e. The van der Waals surface area contributed by atoms with Gasteiger partial charge in [0.25, 0.3) is 6.01 Å². The normalized spacial score (nSPS) is 10.8. The van der Waals surface area contributed by atoms with Crippen LogP contribution in [-0.4, -0.2) is 29.1 Å². The average Bonchev–Trinajstić information content (AvgIpc) is 2.76. The molecule has 0 unspecified atom stereocenters. The monoisotopic (exact) mass is 262 g/mol. The molecule has 0 aliphatic rings. The molecule has 5 heteroatoms. The Kier molecular flexibility index (Phi) is 4.04. The third kappa shape index (κ3) is 3.24. The summed E-state index contributed by atoms with van der Waals surface area (Å²) in [6, 6.07) is 6.44. The van der Waals surface area contributed by atoms with Crippen molar-refractivity contribution in [2.75, 3.05) is 18.0 Å². The van der Waals surface area contributed by atoms with Crippen LogP contribution >= 0.6 is 0 Å². The number of hydrogen-bond donors (Lipinski definition) is 1. The highest BCUT2D eigenvalue weighted by atomic mass is 16.4. The Balaban J connectivity index is 2.13. The van der Waals surface area contributed by atoms with Gasteiger partial charge in [-0.1, -0.05) is 6.07 Å². The Morgan fingerprint density at radius 2 is 2.26 bits per heavy atom. The number of carbonyl (C=O) groups is 1. The molecule has 19 heavy (non-hydrogen) atoms. The SMILES string of the molecule is CCN(CCCC(=O)O)c1nc2cc(C)ccc2o1. The molecule has 1 heterocycles. The number of benzene rings is 1. The minimum absolute atomic E-state index is 0.163. The van der Waals surface area contributed by atoms with E-state index in [0.717, 1.165) is 23.2 Å². The van der Waals surface area contributed by atoms with E-state index in [1.165, 1.54) is 0 Å². The van der Waals surface area contributed by atoms with Gasteiger partial charge in [0, 0.05) is 19.5 Å². The fourth-order valence-corrected chi connectivity index (χ4v) is 1.97. The average molecular weight is 262 g/mol. The van der Waals surface area contributed by atoms with Crippen molar-refractivity contribution < 1.29 is 14.3 Å². The molecule has 0 fully saturated rings. The number of carboxylic acids is 1. The Morgan fingerprint density at radius 3 is 2.95 bits per heavy atom. The van der Waals surface area contributed by atoms with Gasteiger partial charge in [-0.2, -0.15) is 4.98 Å². The number of aryl methyl sites for hydroxylation is 1. The van der Waals surface area contributed by atoms with Crippen molar-refractivity contribution in [1.82, 2.24) is 4.98 Å². The van der Waals surface area contributed by atoms with Gasteiger partial charge < -0.3 is 14.4 Å². The third-order valence-corrected chi connectivity index (χ3v) is 3.00. The summed E-state index contributed by atoms with van der Waals surface area (Å²) in [6.45, 7) is 5.39. The Labute approximate surface area is 111 Å². The standard InChI is InChI=1S/C14H18N2O3/c1-3-16(8-4-5-13(17)18)14-15-11-9-10(2)6-7-12(11)19-14/h6-7,9H,3-5,8H2,1-2H3,(H,17,18). The molecule has 0 atom stereocenters. The van der Waals surface area contributed by atoms with Crippen molar-refractivity contribution in [2.24, 2.45) is 0 Å². The lowest BCUT2D eigenvalue weighted by molar-refractivity contribution is -0.137. The summed E-state index contributed by atoms with van der Waals surface area (Å²) in [5.41, 5.74) is 2.74. The zero-order valence-electron chi connectivity index (χ0n) is 11.2. The molecular weight excluding hydrogens is 244 g/mol. The topological polar surface area (TPSA) is 66.6 Å². The molecule has 2 aromatic rings. The summed E-state index contributed by atoms with van der Waals surface area (Å²) >= 11 is 0. The van der Waals surface area contributed by atoms with Crippen molar-refractivity contribution >= 4 is 23.1 Å². The van der Waals surface area contributed by atoms with E-state index in [4.69, 9.17) is 9.52 Å². The minimum atomic E-state index is -0.774. The van der Waals surface area contributed by atoms with Crippen molar-refractivity contribution in [1.29, 1.82) is 0 Å². The summed E-state index contributed by atoms with van der Waals surface area (Å²) in [4.78, 5) is 16.9. The molecule has 0 bridgehead atoms. The number of hydrogen-bond acceptors (Lipinski definition) is 4. The smallest absolute Gasteiger partial charge is 0.303 e. The van der Waals surface area contributed by atoms with Crippen LogP contribution in [0, 0.1) is 6.92 Å². The summed E-state index contributed by atoms with van der Waals surface area (Å²) in [7, 11) is 0. The first-order chi connectivity index (χ1) is 9.10. The van der Waals surface area contributed by atoms with Crippen LogP contribution in [0.5, 0.6) is 0 Å². The van der Waals surface area contributed by atoms with Crippen LogP contribution in [0.3, 0.4) is 0 Å². The van der Waals surface area contributed by atoms with Gasteiger partial charge in [-0.3, -0.25) is 4.79 Å².